The largest absolute Gasteiger partial charge is 0.497 e. The monoisotopic (exact) mass is 311 g/mol. The number of fused-ring (bicyclic) bond motifs is 2. The summed E-state index contributed by atoms with van der Waals surface area (Å²) in [6.07, 6.45) is 2.96. The van der Waals surface area contributed by atoms with Crippen LogP contribution in [-0.4, -0.2) is 42.2 Å². The maximum Gasteiger partial charge on any atom is 0.307 e. The van der Waals surface area contributed by atoms with Gasteiger partial charge in [0, 0.05) is 18.0 Å². The fourth-order valence-electron chi connectivity index (χ4n) is 4.02. The van der Waals surface area contributed by atoms with Crippen molar-refractivity contribution < 1.29 is 14.6 Å². The van der Waals surface area contributed by atoms with Gasteiger partial charge in [-0.15, -0.1) is 12.4 Å². The highest BCUT2D eigenvalue weighted by molar-refractivity contribution is 5.85. The quantitative estimate of drug-likeness (QED) is 0.932. The number of aliphatic carboxylic acids is 1. The van der Waals surface area contributed by atoms with Crippen LogP contribution in [0.3, 0.4) is 0 Å². The minimum atomic E-state index is -0.664. The molecule has 2 aliphatic rings. The molecular formula is C16H22ClNO3. The maximum absolute atomic E-state index is 11.7. The highest BCUT2D eigenvalue weighted by Crippen LogP contribution is 2.47. The number of piperidine rings is 1. The van der Waals surface area contributed by atoms with Crippen molar-refractivity contribution in [3.63, 3.8) is 0 Å². The third-order valence-corrected chi connectivity index (χ3v) is 5.06. The Kier molecular flexibility index (Phi) is 4.79. The lowest BCUT2D eigenvalue weighted by molar-refractivity contribution is -0.145. The van der Waals surface area contributed by atoms with E-state index >= 15 is 0 Å². The van der Waals surface area contributed by atoms with E-state index in [2.05, 4.69) is 11.9 Å². The molecule has 0 unspecified atom stereocenters. The Labute approximate surface area is 131 Å². The molecule has 4 nitrogen and oxygen atoms in total. The van der Waals surface area contributed by atoms with Crippen LogP contribution >= 0.6 is 12.4 Å². The van der Waals surface area contributed by atoms with Crippen molar-refractivity contribution >= 4 is 18.4 Å². The molecule has 0 amide bonds. The number of methoxy groups -OCH3 is 1. The molecule has 0 aliphatic carbocycles. The van der Waals surface area contributed by atoms with E-state index in [9.17, 15) is 9.90 Å². The molecule has 0 radical (unpaired) electrons. The van der Waals surface area contributed by atoms with E-state index in [0.717, 1.165) is 30.6 Å². The van der Waals surface area contributed by atoms with Gasteiger partial charge in [0.2, 0.25) is 0 Å². The van der Waals surface area contributed by atoms with Gasteiger partial charge in [0.1, 0.15) is 5.75 Å². The summed E-state index contributed by atoms with van der Waals surface area (Å²) in [6, 6.07) is 8.66. The van der Waals surface area contributed by atoms with Gasteiger partial charge < -0.3 is 9.84 Å². The van der Waals surface area contributed by atoms with Crippen LogP contribution < -0.4 is 4.74 Å². The molecule has 0 saturated carbocycles. The van der Waals surface area contributed by atoms with Crippen molar-refractivity contribution in [2.24, 2.45) is 5.92 Å². The molecule has 1 aromatic rings. The number of carbonyl (C=O) groups is 1. The number of carboxylic acid groups (broad SMARTS) is 1. The molecule has 21 heavy (non-hydrogen) atoms. The van der Waals surface area contributed by atoms with Crippen LogP contribution in [0.2, 0.25) is 0 Å². The van der Waals surface area contributed by atoms with Crippen LogP contribution in [0, 0.1) is 5.92 Å². The zero-order valence-electron chi connectivity index (χ0n) is 12.4. The van der Waals surface area contributed by atoms with Crippen molar-refractivity contribution in [1.29, 1.82) is 0 Å². The summed E-state index contributed by atoms with van der Waals surface area (Å²) in [5, 5.41) is 9.60. The smallest absolute Gasteiger partial charge is 0.307 e. The summed E-state index contributed by atoms with van der Waals surface area (Å²) in [4.78, 5) is 14.0. The second-order valence-electron chi connectivity index (χ2n) is 5.95. The van der Waals surface area contributed by atoms with Crippen LogP contribution in [0.1, 0.15) is 30.7 Å². The minimum Gasteiger partial charge on any atom is -0.497 e. The van der Waals surface area contributed by atoms with Crippen molar-refractivity contribution in [2.45, 2.75) is 37.3 Å². The minimum absolute atomic E-state index is 0. The van der Waals surface area contributed by atoms with Gasteiger partial charge in [0.15, 0.2) is 0 Å². The molecule has 0 aromatic heterocycles. The molecule has 2 fully saturated rings. The number of hydrogen-bond acceptors (Lipinski definition) is 3. The molecule has 2 heterocycles. The van der Waals surface area contributed by atoms with Gasteiger partial charge in [-0.05, 0) is 44.0 Å². The van der Waals surface area contributed by atoms with Crippen molar-refractivity contribution in [3.05, 3.63) is 29.8 Å². The fourth-order valence-corrected chi connectivity index (χ4v) is 4.02. The van der Waals surface area contributed by atoms with E-state index in [1.54, 1.807) is 7.11 Å². The summed E-state index contributed by atoms with van der Waals surface area (Å²) in [6.45, 7) is 0. The SMILES string of the molecule is COc1cccc([C@H]2[C@@H](C(=O)O)C[C@@H]3CC[C@H]2N3C)c1.Cl. The zero-order chi connectivity index (χ0) is 14.3. The lowest BCUT2D eigenvalue weighted by Gasteiger charge is -2.41. The van der Waals surface area contributed by atoms with Crippen LogP contribution in [0.5, 0.6) is 5.75 Å². The number of nitrogens with zero attached hydrogens (tertiary/aromatic N) is 1. The highest BCUT2D eigenvalue weighted by atomic mass is 35.5. The number of likely N-dealkylation sites (N-methyl/N-ethyl adjacent to an activating group) is 1. The van der Waals surface area contributed by atoms with Gasteiger partial charge >= 0.3 is 5.97 Å². The Balaban J connectivity index is 0.00000161. The summed E-state index contributed by atoms with van der Waals surface area (Å²) in [5.74, 6) is -0.0839. The molecule has 5 heteroatoms. The van der Waals surface area contributed by atoms with Crippen LogP contribution in [-0.2, 0) is 4.79 Å². The molecule has 2 aliphatic heterocycles. The third-order valence-electron chi connectivity index (χ3n) is 5.06. The summed E-state index contributed by atoms with van der Waals surface area (Å²) >= 11 is 0. The van der Waals surface area contributed by atoms with Gasteiger partial charge in [-0.25, -0.2) is 0 Å². The number of hydrogen-bond donors (Lipinski definition) is 1. The van der Waals surface area contributed by atoms with E-state index in [0.29, 0.717) is 12.1 Å². The lowest BCUT2D eigenvalue weighted by atomic mass is 9.76. The Hall–Kier alpha value is -1.26. The first-order valence-electron chi connectivity index (χ1n) is 7.20. The first-order chi connectivity index (χ1) is 9.61. The lowest BCUT2D eigenvalue weighted by Crippen LogP contribution is -2.47. The Morgan fingerprint density at radius 2 is 2.14 bits per heavy atom. The van der Waals surface area contributed by atoms with Crippen LogP contribution in [0.25, 0.3) is 0 Å². The maximum atomic E-state index is 11.7. The fraction of sp³-hybridized carbons (Fsp3) is 0.562. The van der Waals surface area contributed by atoms with E-state index in [1.165, 1.54) is 0 Å². The van der Waals surface area contributed by atoms with Crippen molar-refractivity contribution in [3.8, 4) is 5.75 Å². The van der Waals surface area contributed by atoms with Gasteiger partial charge in [-0.3, -0.25) is 9.69 Å². The number of ether oxygens (including phenoxy) is 1. The third kappa shape index (κ3) is 2.74. The van der Waals surface area contributed by atoms with Crippen LogP contribution in [0.15, 0.2) is 24.3 Å². The molecule has 1 aromatic carbocycles. The standard InChI is InChI=1S/C16H21NO3.ClH/c1-17-11-6-7-14(17)15(13(9-11)16(18)19)10-4-3-5-12(8-10)20-2;/h3-5,8,11,13-15H,6-7,9H2,1-2H3,(H,18,19);1H/t11-,13-,14+,15-;/m0./s1. The normalized spacial score (nSPS) is 31.5. The Bertz CT molecular complexity index is 522. The van der Waals surface area contributed by atoms with Crippen molar-refractivity contribution in [2.75, 3.05) is 14.2 Å². The van der Waals surface area contributed by atoms with E-state index in [1.807, 2.05) is 24.3 Å². The number of halogens is 1. The zero-order valence-corrected chi connectivity index (χ0v) is 13.2. The Morgan fingerprint density at radius 3 is 2.81 bits per heavy atom. The second kappa shape index (κ2) is 6.24. The molecule has 2 saturated heterocycles. The average Bonchev–Trinajstić information content (AvgIpc) is 2.70. The molecule has 1 N–H and O–H groups in total. The summed E-state index contributed by atoms with van der Waals surface area (Å²) in [7, 11) is 3.78. The first-order valence-corrected chi connectivity index (χ1v) is 7.20. The second-order valence-corrected chi connectivity index (χ2v) is 5.95. The summed E-state index contributed by atoms with van der Waals surface area (Å²) < 4.78 is 5.29. The predicted molar refractivity (Wildman–Crippen MR) is 83.3 cm³/mol. The predicted octanol–water partition coefficient (Wildman–Crippen LogP) is 2.77. The van der Waals surface area contributed by atoms with E-state index in [-0.39, 0.29) is 24.2 Å². The highest BCUT2D eigenvalue weighted by Gasteiger charge is 2.48. The molecule has 0 spiro atoms. The average molecular weight is 312 g/mol. The Morgan fingerprint density at radius 1 is 1.38 bits per heavy atom. The molecule has 116 valence electrons. The van der Waals surface area contributed by atoms with E-state index in [4.69, 9.17) is 4.74 Å². The number of rotatable bonds is 3. The number of carboxylic acids is 1. The van der Waals surface area contributed by atoms with Gasteiger partial charge in [-0.2, -0.15) is 0 Å². The van der Waals surface area contributed by atoms with Gasteiger partial charge in [0.05, 0.1) is 13.0 Å². The number of benzene rings is 1. The van der Waals surface area contributed by atoms with Gasteiger partial charge in [-0.1, -0.05) is 12.1 Å². The first kappa shape index (κ1) is 16.1. The van der Waals surface area contributed by atoms with E-state index < -0.39 is 5.97 Å². The molecule has 4 atom stereocenters. The molecule has 3 rings (SSSR count). The topological polar surface area (TPSA) is 49.8 Å². The van der Waals surface area contributed by atoms with Gasteiger partial charge in [0.25, 0.3) is 0 Å². The van der Waals surface area contributed by atoms with Crippen molar-refractivity contribution in [1.82, 2.24) is 4.90 Å². The molecule has 2 bridgehead atoms. The van der Waals surface area contributed by atoms with Crippen LogP contribution in [0.4, 0.5) is 0 Å². The summed E-state index contributed by atoms with van der Waals surface area (Å²) in [5.41, 5.74) is 1.09. The molecular weight excluding hydrogens is 290 g/mol.